The minimum Gasteiger partial charge on any atom is -0.491 e. The smallest absolute Gasteiger partial charge is 0.142 e. The molecule has 0 bridgehead atoms. The molecule has 0 amide bonds. The summed E-state index contributed by atoms with van der Waals surface area (Å²) in [6.07, 6.45) is -1.02. The van der Waals surface area contributed by atoms with E-state index in [0.29, 0.717) is 19.1 Å². The fourth-order valence-electron chi connectivity index (χ4n) is 4.91. The molecule has 0 radical (unpaired) electrons. The molecule has 178 valence electrons. The van der Waals surface area contributed by atoms with Gasteiger partial charge in [0.05, 0.1) is 12.3 Å². The molecule has 2 aromatic carbocycles. The van der Waals surface area contributed by atoms with E-state index < -0.39 is 30.6 Å². The summed E-state index contributed by atoms with van der Waals surface area (Å²) in [5.41, 5.74) is 5.55. The van der Waals surface area contributed by atoms with Gasteiger partial charge in [-0.15, -0.1) is 0 Å². The zero-order valence-corrected chi connectivity index (χ0v) is 19.0. The number of hydrogen-bond acceptors (Lipinski definition) is 7. The second-order valence-corrected chi connectivity index (χ2v) is 9.38. The highest BCUT2D eigenvalue weighted by atomic mass is 16.5. The number of benzene rings is 2. The van der Waals surface area contributed by atoms with Crippen molar-refractivity contribution in [2.45, 2.75) is 69.2 Å². The number of likely N-dealkylation sites (N-methyl/N-ethyl adjacent to an activating group) is 1. The van der Waals surface area contributed by atoms with E-state index in [4.69, 9.17) is 9.47 Å². The fourth-order valence-corrected chi connectivity index (χ4v) is 4.91. The summed E-state index contributed by atoms with van der Waals surface area (Å²) < 4.78 is 12.0. The zero-order valence-electron chi connectivity index (χ0n) is 19.0. The molecule has 0 spiro atoms. The summed E-state index contributed by atoms with van der Waals surface area (Å²) in [6, 6.07) is 12.6. The molecule has 2 aliphatic heterocycles. The van der Waals surface area contributed by atoms with E-state index in [-0.39, 0.29) is 0 Å². The van der Waals surface area contributed by atoms with E-state index in [2.05, 4.69) is 41.0 Å². The molecule has 0 aromatic heterocycles. The summed E-state index contributed by atoms with van der Waals surface area (Å²) in [7, 11) is 0. The minimum absolute atomic E-state index is 0.576. The SMILES string of the molecule is CCN[C@H]1O[C@@H](c2ccc(C3CC3)c(Cc3ccc4c(c3)OCCCN4)c2)[C@H](O)[C@@H](O)[C@@H]1O. The largest absolute Gasteiger partial charge is 0.491 e. The third-order valence-electron chi connectivity index (χ3n) is 6.87. The number of aliphatic hydroxyl groups is 3. The Labute approximate surface area is 194 Å². The molecular weight excluding hydrogens is 420 g/mol. The third-order valence-corrected chi connectivity index (χ3v) is 6.87. The molecule has 0 unspecified atom stereocenters. The van der Waals surface area contributed by atoms with Crippen molar-refractivity contribution in [2.24, 2.45) is 0 Å². The lowest BCUT2D eigenvalue weighted by atomic mass is 9.89. The molecule has 5 rings (SSSR count). The number of nitrogens with one attached hydrogen (secondary N) is 2. The lowest BCUT2D eigenvalue weighted by molar-refractivity contribution is -0.232. The molecular formula is C26H34N2O5. The van der Waals surface area contributed by atoms with E-state index in [9.17, 15) is 15.3 Å². The van der Waals surface area contributed by atoms with Gasteiger partial charge in [0, 0.05) is 6.54 Å². The quantitative estimate of drug-likeness (QED) is 0.457. The average Bonchev–Trinajstić information content (AvgIpc) is 3.67. The maximum atomic E-state index is 10.7. The lowest BCUT2D eigenvalue weighted by Crippen LogP contribution is -2.58. The number of rotatable bonds is 6. The lowest BCUT2D eigenvalue weighted by Gasteiger charge is -2.41. The molecule has 1 saturated carbocycles. The Bertz CT molecular complexity index is 979. The predicted molar refractivity (Wildman–Crippen MR) is 126 cm³/mol. The standard InChI is InChI=1S/C26H34N2O5/c1-2-27-26-24(31)22(29)23(30)25(33-26)17-7-8-19(16-5-6-16)18(14-17)12-15-4-9-20-21(13-15)32-11-3-10-28-20/h4,7-9,13-14,16,22-31H,2-3,5-6,10-12H2,1H3/t22-,23-,24+,25+,26+/m1/s1. The Morgan fingerprint density at radius 1 is 1.03 bits per heavy atom. The van der Waals surface area contributed by atoms with Crippen LogP contribution in [0.25, 0.3) is 0 Å². The van der Waals surface area contributed by atoms with Crippen molar-refractivity contribution >= 4 is 5.69 Å². The van der Waals surface area contributed by atoms with Crippen molar-refractivity contribution in [3.63, 3.8) is 0 Å². The van der Waals surface area contributed by atoms with Crippen molar-refractivity contribution in [1.82, 2.24) is 5.32 Å². The van der Waals surface area contributed by atoms with E-state index in [1.165, 1.54) is 29.5 Å². The maximum Gasteiger partial charge on any atom is 0.142 e. The van der Waals surface area contributed by atoms with Crippen LogP contribution < -0.4 is 15.4 Å². The molecule has 3 aliphatic rings. The van der Waals surface area contributed by atoms with E-state index in [1.54, 1.807) is 0 Å². The number of fused-ring (bicyclic) bond motifs is 1. The Kier molecular flexibility index (Phi) is 6.58. The summed E-state index contributed by atoms with van der Waals surface area (Å²) in [5, 5.41) is 37.9. The van der Waals surface area contributed by atoms with Gasteiger partial charge in [0.2, 0.25) is 0 Å². The van der Waals surface area contributed by atoms with Crippen molar-refractivity contribution in [3.05, 3.63) is 58.7 Å². The Morgan fingerprint density at radius 2 is 1.88 bits per heavy atom. The molecule has 2 aromatic rings. The summed E-state index contributed by atoms with van der Waals surface area (Å²) >= 11 is 0. The number of aliphatic hydroxyl groups excluding tert-OH is 3. The molecule has 7 nitrogen and oxygen atoms in total. The predicted octanol–water partition coefficient (Wildman–Crippen LogP) is 2.44. The second kappa shape index (κ2) is 9.60. The van der Waals surface area contributed by atoms with Crippen LogP contribution in [0.4, 0.5) is 5.69 Å². The van der Waals surface area contributed by atoms with Crippen LogP contribution in [-0.2, 0) is 11.2 Å². The van der Waals surface area contributed by atoms with Gasteiger partial charge in [0.15, 0.2) is 0 Å². The first-order chi connectivity index (χ1) is 16.0. The van der Waals surface area contributed by atoms with Crippen molar-refractivity contribution in [3.8, 4) is 5.75 Å². The Morgan fingerprint density at radius 3 is 2.67 bits per heavy atom. The number of ether oxygens (including phenoxy) is 2. The van der Waals surface area contributed by atoms with Gasteiger partial charge in [0.25, 0.3) is 0 Å². The first-order valence-electron chi connectivity index (χ1n) is 12.1. The second-order valence-electron chi connectivity index (χ2n) is 9.38. The molecule has 33 heavy (non-hydrogen) atoms. The van der Waals surface area contributed by atoms with Crippen LogP contribution in [-0.4, -0.2) is 59.6 Å². The summed E-state index contributed by atoms with van der Waals surface area (Å²) in [4.78, 5) is 0. The van der Waals surface area contributed by atoms with Gasteiger partial charge in [-0.05, 0) is 72.5 Å². The van der Waals surface area contributed by atoms with Gasteiger partial charge < -0.3 is 30.1 Å². The first-order valence-corrected chi connectivity index (χ1v) is 12.1. The molecule has 7 heteroatoms. The highest BCUT2D eigenvalue weighted by Crippen LogP contribution is 2.44. The monoisotopic (exact) mass is 454 g/mol. The highest BCUT2D eigenvalue weighted by Gasteiger charge is 2.44. The average molecular weight is 455 g/mol. The molecule has 5 atom stereocenters. The van der Waals surface area contributed by atoms with Crippen molar-refractivity contribution in [1.29, 1.82) is 0 Å². The van der Waals surface area contributed by atoms with Crippen LogP contribution in [0.3, 0.4) is 0 Å². The van der Waals surface area contributed by atoms with Crippen molar-refractivity contribution < 1.29 is 24.8 Å². The van der Waals surface area contributed by atoms with Crippen LogP contribution in [0.2, 0.25) is 0 Å². The Balaban J connectivity index is 1.44. The van der Waals surface area contributed by atoms with E-state index in [0.717, 1.165) is 36.4 Å². The zero-order chi connectivity index (χ0) is 22.9. The number of hydrogen-bond donors (Lipinski definition) is 5. The van der Waals surface area contributed by atoms with Gasteiger partial charge in [0.1, 0.15) is 36.4 Å². The maximum absolute atomic E-state index is 10.7. The summed E-state index contributed by atoms with van der Waals surface area (Å²) in [6.45, 7) is 4.12. The molecule has 2 heterocycles. The van der Waals surface area contributed by atoms with Crippen LogP contribution in [0.1, 0.15) is 60.5 Å². The van der Waals surface area contributed by atoms with Gasteiger partial charge >= 0.3 is 0 Å². The van der Waals surface area contributed by atoms with Gasteiger partial charge in [-0.25, -0.2) is 0 Å². The van der Waals surface area contributed by atoms with Crippen LogP contribution in [0.5, 0.6) is 5.75 Å². The fraction of sp³-hybridized carbons (Fsp3) is 0.538. The molecule has 5 N–H and O–H groups in total. The molecule has 2 fully saturated rings. The van der Waals surface area contributed by atoms with Crippen LogP contribution in [0.15, 0.2) is 36.4 Å². The molecule has 1 saturated heterocycles. The van der Waals surface area contributed by atoms with Gasteiger partial charge in [-0.1, -0.05) is 31.2 Å². The third kappa shape index (κ3) is 4.74. The first kappa shape index (κ1) is 22.6. The topological polar surface area (TPSA) is 103 Å². The van der Waals surface area contributed by atoms with Gasteiger partial charge in [-0.3, -0.25) is 5.32 Å². The summed E-state index contributed by atoms with van der Waals surface area (Å²) in [5.74, 6) is 1.47. The van der Waals surface area contributed by atoms with Gasteiger partial charge in [-0.2, -0.15) is 0 Å². The molecule has 1 aliphatic carbocycles. The Hall–Kier alpha value is -2.16. The van der Waals surface area contributed by atoms with Crippen molar-refractivity contribution in [2.75, 3.05) is 25.0 Å². The number of anilines is 1. The minimum atomic E-state index is -1.28. The normalized spacial score (nSPS) is 29.5. The van der Waals surface area contributed by atoms with E-state index >= 15 is 0 Å². The van der Waals surface area contributed by atoms with Crippen LogP contribution >= 0.6 is 0 Å². The van der Waals surface area contributed by atoms with E-state index in [1.807, 2.05) is 13.0 Å². The highest BCUT2D eigenvalue weighted by molar-refractivity contribution is 5.59. The van der Waals surface area contributed by atoms with Crippen LogP contribution in [0, 0.1) is 0 Å².